The molecule has 4 rings (SSSR count). The maximum absolute atomic E-state index is 13.2. The largest absolute Gasteiger partial charge is 0.302 e. The number of benzene rings is 1. The molecule has 1 unspecified atom stereocenters. The van der Waals surface area contributed by atoms with E-state index in [2.05, 4.69) is 15.3 Å². The zero-order valence-electron chi connectivity index (χ0n) is 12.7. The smallest absolute Gasteiger partial charge is 0.232 e. The molecule has 1 N–H and O–H groups in total. The number of carbonyl (C=O) groups excluding carboxylic acids is 1. The lowest BCUT2D eigenvalue weighted by Crippen LogP contribution is -2.14. The van der Waals surface area contributed by atoms with E-state index in [1.165, 1.54) is 23.6 Å². The second kappa shape index (κ2) is 5.59. The molecule has 1 fully saturated rings. The van der Waals surface area contributed by atoms with Gasteiger partial charge in [0, 0.05) is 11.8 Å². The number of hydrogen-bond donors (Lipinski definition) is 1. The van der Waals surface area contributed by atoms with Crippen molar-refractivity contribution in [3.8, 4) is 11.1 Å². The molecular formula is C17H13F2N3OS. The highest BCUT2D eigenvalue weighted by molar-refractivity contribution is 7.22. The molecule has 1 aromatic carbocycles. The summed E-state index contributed by atoms with van der Waals surface area (Å²) in [6.45, 7) is 1.83. The van der Waals surface area contributed by atoms with Crippen molar-refractivity contribution < 1.29 is 13.6 Å². The number of rotatable bonds is 3. The molecule has 0 bridgehead atoms. The fraction of sp³-hybridized carbons (Fsp3) is 0.235. The molecule has 7 heteroatoms. The maximum Gasteiger partial charge on any atom is 0.232 e. The first-order valence-corrected chi connectivity index (χ1v) is 8.31. The average Bonchev–Trinajstić information content (AvgIpc) is 3.13. The van der Waals surface area contributed by atoms with E-state index in [0.717, 1.165) is 26.9 Å². The van der Waals surface area contributed by atoms with Crippen LogP contribution >= 0.6 is 11.3 Å². The van der Waals surface area contributed by atoms with Crippen molar-refractivity contribution in [2.75, 3.05) is 5.32 Å². The summed E-state index contributed by atoms with van der Waals surface area (Å²) in [6.07, 6.45) is 0.766. The third kappa shape index (κ3) is 2.75. The van der Waals surface area contributed by atoms with Crippen LogP contribution < -0.4 is 5.32 Å². The Hall–Kier alpha value is -2.41. The summed E-state index contributed by atoms with van der Waals surface area (Å²) in [6, 6.07) is 7.04. The van der Waals surface area contributed by atoms with E-state index in [0.29, 0.717) is 5.13 Å². The summed E-state index contributed by atoms with van der Waals surface area (Å²) in [7, 11) is 0. The van der Waals surface area contributed by atoms with Crippen LogP contribution in [0.1, 0.15) is 12.0 Å². The summed E-state index contributed by atoms with van der Waals surface area (Å²) in [5.41, 5.74) is 3.29. The van der Waals surface area contributed by atoms with Crippen LogP contribution in [0.5, 0.6) is 0 Å². The molecule has 0 saturated heterocycles. The van der Waals surface area contributed by atoms with Gasteiger partial charge in [0.1, 0.15) is 6.17 Å². The van der Waals surface area contributed by atoms with E-state index in [9.17, 15) is 13.6 Å². The zero-order valence-corrected chi connectivity index (χ0v) is 13.5. The SMILES string of the molecule is Cc1cc(F)ncc1-c1ccc2nc(NC(=O)[C@@H]3CC3F)sc2c1. The molecule has 0 radical (unpaired) electrons. The molecule has 2 aromatic heterocycles. The number of hydrogen-bond acceptors (Lipinski definition) is 4. The molecule has 0 aliphatic heterocycles. The minimum Gasteiger partial charge on any atom is -0.302 e. The quantitative estimate of drug-likeness (QED) is 0.727. The number of nitrogens with one attached hydrogen (secondary N) is 1. The molecule has 3 aromatic rings. The highest BCUT2D eigenvalue weighted by Gasteiger charge is 2.43. The van der Waals surface area contributed by atoms with Gasteiger partial charge >= 0.3 is 0 Å². The first-order valence-electron chi connectivity index (χ1n) is 7.49. The van der Waals surface area contributed by atoms with Crippen molar-refractivity contribution in [2.24, 2.45) is 5.92 Å². The number of carbonyl (C=O) groups is 1. The summed E-state index contributed by atoms with van der Waals surface area (Å²) < 4.78 is 27.0. The Labute approximate surface area is 140 Å². The fourth-order valence-electron chi connectivity index (χ4n) is 2.60. The third-order valence-corrected chi connectivity index (χ3v) is 4.99. The Morgan fingerprint density at radius 1 is 1.38 bits per heavy atom. The lowest BCUT2D eigenvalue weighted by molar-refractivity contribution is -0.117. The van der Waals surface area contributed by atoms with Gasteiger partial charge in [0.2, 0.25) is 11.9 Å². The number of aromatic nitrogens is 2. The number of amides is 1. The minimum absolute atomic E-state index is 0.289. The topological polar surface area (TPSA) is 54.9 Å². The van der Waals surface area contributed by atoms with Gasteiger partial charge in [0.05, 0.1) is 16.1 Å². The molecule has 1 aliphatic rings. The fourth-order valence-corrected chi connectivity index (χ4v) is 3.51. The van der Waals surface area contributed by atoms with Crippen molar-refractivity contribution in [3.63, 3.8) is 0 Å². The van der Waals surface area contributed by atoms with Crippen molar-refractivity contribution in [2.45, 2.75) is 19.5 Å². The number of pyridine rings is 1. The van der Waals surface area contributed by atoms with Gasteiger partial charge in [-0.05, 0) is 42.7 Å². The number of anilines is 1. The van der Waals surface area contributed by atoms with Crippen molar-refractivity contribution in [3.05, 3.63) is 42.0 Å². The Balaban J connectivity index is 1.64. The Bertz CT molecular complexity index is 956. The van der Waals surface area contributed by atoms with Crippen LogP contribution in [0.15, 0.2) is 30.5 Å². The predicted molar refractivity (Wildman–Crippen MR) is 89.2 cm³/mol. The minimum atomic E-state index is -1.03. The molecule has 24 heavy (non-hydrogen) atoms. The van der Waals surface area contributed by atoms with Crippen LogP contribution in [0.4, 0.5) is 13.9 Å². The Morgan fingerprint density at radius 3 is 2.88 bits per heavy atom. The van der Waals surface area contributed by atoms with Crippen LogP contribution in [0.3, 0.4) is 0 Å². The van der Waals surface area contributed by atoms with Crippen LogP contribution in [0.2, 0.25) is 0 Å². The van der Waals surface area contributed by atoms with Crippen LogP contribution in [0, 0.1) is 18.8 Å². The van der Waals surface area contributed by atoms with Crippen LogP contribution in [-0.4, -0.2) is 22.0 Å². The molecular weight excluding hydrogens is 332 g/mol. The summed E-state index contributed by atoms with van der Waals surface area (Å²) >= 11 is 1.33. The van der Waals surface area contributed by atoms with Crippen molar-refractivity contribution >= 4 is 32.6 Å². The van der Waals surface area contributed by atoms with Gasteiger partial charge in [-0.25, -0.2) is 14.4 Å². The zero-order chi connectivity index (χ0) is 16.8. The Morgan fingerprint density at radius 2 is 2.17 bits per heavy atom. The highest BCUT2D eigenvalue weighted by Crippen LogP contribution is 2.36. The third-order valence-electron chi connectivity index (χ3n) is 4.06. The second-order valence-corrected chi connectivity index (χ2v) is 6.90. The standard InChI is InChI=1S/C17H13F2N3OS/c1-8-4-15(19)20-7-11(8)9-2-3-13-14(5-9)24-17(21-13)22-16(23)10-6-12(10)18/h2-5,7,10,12H,6H2,1H3,(H,21,22,23)/t10-,12?/m1/s1. The molecule has 1 saturated carbocycles. The number of halogens is 2. The van der Waals surface area contributed by atoms with Gasteiger partial charge < -0.3 is 5.32 Å². The van der Waals surface area contributed by atoms with Crippen molar-refractivity contribution in [1.82, 2.24) is 9.97 Å². The summed E-state index contributed by atoms with van der Waals surface area (Å²) in [4.78, 5) is 19.8. The molecule has 0 spiro atoms. The van der Waals surface area contributed by atoms with Gasteiger partial charge in [0.25, 0.3) is 0 Å². The summed E-state index contributed by atoms with van der Waals surface area (Å²) in [5.74, 6) is -1.37. The van der Waals surface area contributed by atoms with Gasteiger partial charge in [0.15, 0.2) is 5.13 Å². The first-order chi connectivity index (χ1) is 11.5. The molecule has 2 atom stereocenters. The monoisotopic (exact) mass is 345 g/mol. The van der Waals surface area contributed by atoms with E-state index >= 15 is 0 Å². The Kier molecular flexibility index (Phi) is 3.53. The molecule has 2 heterocycles. The lowest BCUT2D eigenvalue weighted by Gasteiger charge is -2.05. The van der Waals surface area contributed by atoms with E-state index < -0.39 is 18.0 Å². The van der Waals surface area contributed by atoms with Crippen LogP contribution in [-0.2, 0) is 4.79 Å². The van der Waals surface area contributed by atoms with Gasteiger partial charge in [-0.2, -0.15) is 4.39 Å². The number of thiazole rings is 1. The highest BCUT2D eigenvalue weighted by atomic mass is 32.1. The van der Waals surface area contributed by atoms with Crippen LogP contribution in [0.25, 0.3) is 21.3 Å². The number of fused-ring (bicyclic) bond motifs is 1. The molecule has 1 amide bonds. The summed E-state index contributed by atoms with van der Waals surface area (Å²) in [5, 5.41) is 3.13. The van der Waals surface area contributed by atoms with E-state index in [-0.39, 0.29) is 12.3 Å². The van der Waals surface area contributed by atoms with Gasteiger partial charge in [-0.1, -0.05) is 17.4 Å². The number of nitrogens with zero attached hydrogens (tertiary/aromatic N) is 2. The number of aryl methyl sites for hydroxylation is 1. The normalized spacial score (nSPS) is 19.5. The van der Waals surface area contributed by atoms with Crippen molar-refractivity contribution in [1.29, 1.82) is 0 Å². The predicted octanol–water partition coefficient (Wildman–Crippen LogP) is 4.10. The molecule has 122 valence electrons. The lowest BCUT2D eigenvalue weighted by atomic mass is 10.0. The molecule has 1 aliphatic carbocycles. The van der Waals surface area contributed by atoms with E-state index in [1.54, 1.807) is 0 Å². The molecule has 4 nitrogen and oxygen atoms in total. The first kappa shape index (κ1) is 15.1. The maximum atomic E-state index is 13.2. The van der Waals surface area contributed by atoms with Gasteiger partial charge in [-0.3, -0.25) is 4.79 Å². The average molecular weight is 345 g/mol. The van der Waals surface area contributed by atoms with Gasteiger partial charge in [-0.15, -0.1) is 0 Å². The number of alkyl halides is 1. The second-order valence-electron chi connectivity index (χ2n) is 5.87. The van der Waals surface area contributed by atoms with E-state index in [1.807, 2.05) is 25.1 Å². The van der Waals surface area contributed by atoms with E-state index in [4.69, 9.17) is 0 Å².